The maximum atomic E-state index is 10.9. The summed E-state index contributed by atoms with van der Waals surface area (Å²) in [6.45, 7) is 2.77. The summed E-state index contributed by atoms with van der Waals surface area (Å²) in [5.74, 6) is -0.159. The van der Waals surface area contributed by atoms with E-state index in [4.69, 9.17) is 9.84 Å². The second-order valence-electron chi connectivity index (χ2n) is 5.55. The Morgan fingerprint density at radius 2 is 2.16 bits per heavy atom. The molecule has 2 fully saturated rings. The van der Waals surface area contributed by atoms with Crippen LogP contribution in [-0.2, 0) is 4.74 Å². The number of carboxylic acid groups (broad SMARTS) is 1. The smallest absolute Gasteiger partial charge is 0.335 e. The van der Waals surface area contributed by atoms with Crippen LogP contribution in [0.2, 0.25) is 0 Å². The highest BCUT2D eigenvalue weighted by Crippen LogP contribution is 2.39. The number of hydrogen-bond acceptors (Lipinski definition) is 3. The average molecular weight is 261 g/mol. The zero-order chi connectivity index (χ0) is 13.4. The van der Waals surface area contributed by atoms with E-state index in [2.05, 4.69) is 5.32 Å². The number of carbonyl (C=O) groups is 1. The van der Waals surface area contributed by atoms with Crippen molar-refractivity contribution in [2.45, 2.75) is 38.3 Å². The Bertz CT molecular complexity index is 496. The van der Waals surface area contributed by atoms with E-state index in [1.165, 1.54) is 12.8 Å². The number of hydrogen-bond donors (Lipinski definition) is 2. The Morgan fingerprint density at radius 1 is 1.37 bits per heavy atom. The van der Waals surface area contributed by atoms with Gasteiger partial charge in [-0.05, 0) is 55.9 Å². The molecule has 1 aliphatic carbocycles. The monoisotopic (exact) mass is 261 g/mol. The Hall–Kier alpha value is -1.55. The minimum absolute atomic E-state index is 0.332. The van der Waals surface area contributed by atoms with Crippen molar-refractivity contribution in [1.29, 1.82) is 0 Å². The first-order valence-electron chi connectivity index (χ1n) is 6.87. The molecule has 1 aromatic carbocycles. The summed E-state index contributed by atoms with van der Waals surface area (Å²) in [4.78, 5) is 10.9. The largest absolute Gasteiger partial charge is 0.478 e. The first kappa shape index (κ1) is 12.5. The highest BCUT2D eigenvalue weighted by atomic mass is 16.5. The Morgan fingerprint density at radius 3 is 2.79 bits per heavy atom. The van der Waals surface area contributed by atoms with E-state index in [-0.39, 0.29) is 0 Å². The second kappa shape index (κ2) is 4.85. The molecule has 4 heteroatoms. The maximum Gasteiger partial charge on any atom is 0.335 e. The molecular weight excluding hydrogens is 242 g/mol. The van der Waals surface area contributed by atoms with E-state index in [1.54, 1.807) is 12.1 Å². The molecular formula is C15H19NO3. The third-order valence-corrected chi connectivity index (χ3v) is 4.04. The van der Waals surface area contributed by atoms with Gasteiger partial charge in [0.2, 0.25) is 0 Å². The van der Waals surface area contributed by atoms with Crippen LogP contribution in [0.15, 0.2) is 18.2 Å². The fourth-order valence-corrected chi connectivity index (χ4v) is 2.81. The lowest BCUT2D eigenvalue weighted by Gasteiger charge is -2.21. The minimum atomic E-state index is -0.880. The molecule has 0 amide bonds. The third-order valence-electron chi connectivity index (χ3n) is 4.04. The van der Waals surface area contributed by atoms with Crippen LogP contribution >= 0.6 is 0 Å². The van der Waals surface area contributed by atoms with Crippen molar-refractivity contribution >= 4 is 11.7 Å². The van der Waals surface area contributed by atoms with Gasteiger partial charge in [0.1, 0.15) is 0 Å². The van der Waals surface area contributed by atoms with Crippen LogP contribution in [-0.4, -0.2) is 29.8 Å². The van der Waals surface area contributed by atoms with Crippen LogP contribution in [0.1, 0.15) is 35.2 Å². The topological polar surface area (TPSA) is 58.6 Å². The quantitative estimate of drug-likeness (QED) is 0.875. The number of anilines is 1. The van der Waals surface area contributed by atoms with Gasteiger partial charge in [-0.15, -0.1) is 0 Å². The lowest BCUT2D eigenvalue weighted by Crippen LogP contribution is -2.31. The van der Waals surface area contributed by atoms with Crippen molar-refractivity contribution in [3.63, 3.8) is 0 Å². The molecule has 2 atom stereocenters. The molecule has 2 aliphatic rings. The van der Waals surface area contributed by atoms with Crippen LogP contribution in [0, 0.1) is 12.8 Å². The summed E-state index contributed by atoms with van der Waals surface area (Å²) in [7, 11) is 0. The van der Waals surface area contributed by atoms with Gasteiger partial charge >= 0.3 is 5.97 Å². The molecule has 1 saturated carbocycles. The van der Waals surface area contributed by atoms with Crippen molar-refractivity contribution in [1.82, 2.24) is 0 Å². The van der Waals surface area contributed by atoms with Gasteiger partial charge in [-0.3, -0.25) is 0 Å². The Balaban J connectivity index is 1.73. The number of rotatable bonds is 4. The number of nitrogens with one attached hydrogen (secondary N) is 1. The average Bonchev–Trinajstić information content (AvgIpc) is 3.12. The Labute approximate surface area is 112 Å². The van der Waals surface area contributed by atoms with Gasteiger partial charge in [-0.25, -0.2) is 4.79 Å². The highest BCUT2D eigenvalue weighted by molar-refractivity contribution is 5.88. The highest BCUT2D eigenvalue weighted by Gasteiger charge is 2.40. The van der Waals surface area contributed by atoms with Crippen molar-refractivity contribution in [3.05, 3.63) is 29.3 Å². The molecule has 102 valence electrons. The molecule has 1 heterocycles. The number of ether oxygens (including phenoxy) is 1. The van der Waals surface area contributed by atoms with Crippen LogP contribution in [0.5, 0.6) is 0 Å². The van der Waals surface area contributed by atoms with E-state index in [0.717, 1.165) is 30.2 Å². The maximum absolute atomic E-state index is 10.9. The van der Waals surface area contributed by atoms with Gasteiger partial charge in [0.25, 0.3) is 0 Å². The fraction of sp³-hybridized carbons (Fsp3) is 0.533. The molecule has 1 aromatic rings. The summed E-state index contributed by atoms with van der Waals surface area (Å²) in [6.07, 6.45) is 3.92. The lowest BCUT2D eigenvalue weighted by atomic mass is 10.0. The first-order chi connectivity index (χ1) is 9.15. The van der Waals surface area contributed by atoms with Crippen molar-refractivity contribution in [2.24, 2.45) is 5.92 Å². The van der Waals surface area contributed by atoms with Gasteiger partial charge in [0.05, 0.1) is 17.7 Å². The summed E-state index contributed by atoms with van der Waals surface area (Å²) in [5.41, 5.74) is 2.33. The van der Waals surface area contributed by atoms with Crippen LogP contribution in [0.4, 0.5) is 5.69 Å². The third kappa shape index (κ3) is 2.59. The zero-order valence-electron chi connectivity index (χ0n) is 11.1. The molecule has 4 nitrogen and oxygen atoms in total. The normalized spacial score (nSPS) is 26.4. The fourth-order valence-electron chi connectivity index (χ4n) is 2.81. The van der Waals surface area contributed by atoms with E-state index in [1.807, 2.05) is 13.0 Å². The van der Waals surface area contributed by atoms with E-state index < -0.39 is 5.97 Å². The molecule has 2 N–H and O–H groups in total. The molecule has 0 aromatic heterocycles. The SMILES string of the molecule is Cc1cc(C(=O)O)ccc1NC1CCOC1C1CC1. The van der Waals surface area contributed by atoms with Crippen molar-refractivity contribution in [2.75, 3.05) is 11.9 Å². The van der Waals surface area contributed by atoms with Gasteiger partial charge in [-0.2, -0.15) is 0 Å². The number of aromatic carboxylic acids is 1. The second-order valence-corrected chi connectivity index (χ2v) is 5.55. The standard InChI is InChI=1S/C15H19NO3/c1-9-8-11(15(17)18)4-5-12(9)16-13-6-7-19-14(13)10-2-3-10/h4-5,8,10,13-14,16H,2-3,6-7H2,1H3,(H,17,18). The molecule has 0 bridgehead atoms. The predicted molar refractivity (Wildman–Crippen MR) is 72.6 cm³/mol. The van der Waals surface area contributed by atoms with Crippen LogP contribution < -0.4 is 5.32 Å². The minimum Gasteiger partial charge on any atom is -0.478 e. The molecule has 19 heavy (non-hydrogen) atoms. The van der Waals surface area contributed by atoms with Crippen molar-refractivity contribution in [3.8, 4) is 0 Å². The van der Waals surface area contributed by atoms with Gasteiger partial charge in [-0.1, -0.05) is 0 Å². The van der Waals surface area contributed by atoms with Gasteiger partial charge in [0.15, 0.2) is 0 Å². The molecule has 1 saturated heterocycles. The summed E-state index contributed by atoms with van der Waals surface area (Å²) in [6, 6.07) is 5.59. The predicted octanol–water partition coefficient (Wildman–Crippen LogP) is 2.67. The van der Waals surface area contributed by atoms with E-state index in [0.29, 0.717) is 17.7 Å². The van der Waals surface area contributed by atoms with E-state index in [9.17, 15) is 4.79 Å². The van der Waals surface area contributed by atoms with Gasteiger partial charge < -0.3 is 15.2 Å². The lowest BCUT2D eigenvalue weighted by molar-refractivity contribution is 0.0696. The van der Waals surface area contributed by atoms with E-state index >= 15 is 0 Å². The molecule has 2 unspecified atom stereocenters. The van der Waals surface area contributed by atoms with Crippen LogP contribution in [0.25, 0.3) is 0 Å². The molecule has 0 spiro atoms. The molecule has 0 radical (unpaired) electrons. The molecule has 3 rings (SSSR count). The van der Waals surface area contributed by atoms with Crippen molar-refractivity contribution < 1.29 is 14.6 Å². The summed E-state index contributed by atoms with van der Waals surface area (Å²) < 4.78 is 5.81. The van der Waals surface area contributed by atoms with Crippen LogP contribution in [0.3, 0.4) is 0 Å². The zero-order valence-corrected chi connectivity index (χ0v) is 11.1. The summed E-state index contributed by atoms with van der Waals surface area (Å²) >= 11 is 0. The number of benzene rings is 1. The Kier molecular flexibility index (Phi) is 3.19. The van der Waals surface area contributed by atoms with Gasteiger partial charge in [0, 0.05) is 12.3 Å². The summed E-state index contributed by atoms with van der Waals surface area (Å²) in [5, 5.41) is 12.5. The molecule has 1 aliphatic heterocycles. The number of carboxylic acids is 1. The first-order valence-corrected chi connectivity index (χ1v) is 6.87. The number of aryl methyl sites for hydroxylation is 1.